The van der Waals surface area contributed by atoms with Crippen LogP contribution in [0, 0.1) is 10.1 Å². The highest BCUT2D eigenvalue weighted by Gasteiger charge is 2.24. The molecule has 0 aliphatic carbocycles. The molecule has 1 amide bonds. The molecule has 0 atom stereocenters. The number of rotatable bonds is 10. The van der Waals surface area contributed by atoms with Crippen LogP contribution in [0.25, 0.3) is 11.3 Å². The fourth-order valence-electron chi connectivity index (χ4n) is 3.23. The highest BCUT2D eigenvalue weighted by molar-refractivity contribution is 5.99. The van der Waals surface area contributed by atoms with Gasteiger partial charge in [-0.1, -0.05) is 0 Å². The number of amides is 1. The molecule has 34 heavy (non-hydrogen) atoms. The van der Waals surface area contributed by atoms with Crippen LogP contribution >= 0.6 is 0 Å². The maximum Gasteiger partial charge on any atom is 0.286 e. The van der Waals surface area contributed by atoms with Crippen LogP contribution in [0.1, 0.15) is 17.3 Å². The standard InChI is InChI=1S/C23H24N4O7/c1-4-34-16-7-5-15(6-8-16)18-12-22(28)26(14-25-18)10-9-24-23(29)17-11-20(32-2)21(33-3)13-19(17)27(30)31/h5-8,11-14H,4,9-10H2,1-3H3,(H,24,29). The van der Waals surface area contributed by atoms with Gasteiger partial charge in [0.2, 0.25) is 0 Å². The third-order valence-corrected chi connectivity index (χ3v) is 4.92. The summed E-state index contributed by atoms with van der Waals surface area (Å²) in [7, 11) is 2.70. The fraction of sp³-hybridized carbons (Fsp3) is 0.261. The van der Waals surface area contributed by atoms with Crippen LogP contribution in [0.4, 0.5) is 5.69 Å². The highest BCUT2D eigenvalue weighted by Crippen LogP contribution is 2.34. The molecule has 0 radical (unpaired) electrons. The van der Waals surface area contributed by atoms with E-state index in [1.54, 1.807) is 12.1 Å². The van der Waals surface area contributed by atoms with Gasteiger partial charge in [-0.2, -0.15) is 0 Å². The zero-order valence-corrected chi connectivity index (χ0v) is 18.9. The Kier molecular flexibility index (Phi) is 7.80. The quantitative estimate of drug-likeness (QED) is 0.354. The van der Waals surface area contributed by atoms with Crippen molar-refractivity contribution in [2.24, 2.45) is 0 Å². The molecule has 1 aromatic heterocycles. The third-order valence-electron chi connectivity index (χ3n) is 4.92. The van der Waals surface area contributed by atoms with Gasteiger partial charge in [0.25, 0.3) is 17.2 Å². The van der Waals surface area contributed by atoms with E-state index in [0.717, 1.165) is 17.4 Å². The van der Waals surface area contributed by atoms with E-state index in [-0.39, 0.29) is 35.7 Å². The van der Waals surface area contributed by atoms with Gasteiger partial charge < -0.3 is 19.5 Å². The lowest BCUT2D eigenvalue weighted by atomic mass is 10.1. The zero-order valence-electron chi connectivity index (χ0n) is 18.9. The van der Waals surface area contributed by atoms with Crippen molar-refractivity contribution in [1.82, 2.24) is 14.9 Å². The van der Waals surface area contributed by atoms with Crippen molar-refractivity contribution >= 4 is 11.6 Å². The van der Waals surface area contributed by atoms with E-state index in [0.29, 0.717) is 12.3 Å². The minimum Gasteiger partial charge on any atom is -0.494 e. The van der Waals surface area contributed by atoms with E-state index < -0.39 is 16.5 Å². The van der Waals surface area contributed by atoms with Gasteiger partial charge in [-0.25, -0.2) is 4.98 Å². The predicted molar refractivity (Wildman–Crippen MR) is 124 cm³/mol. The first-order valence-corrected chi connectivity index (χ1v) is 10.4. The van der Waals surface area contributed by atoms with Gasteiger partial charge in [0.1, 0.15) is 11.3 Å². The summed E-state index contributed by atoms with van der Waals surface area (Å²) in [6.07, 6.45) is 1.39. The first-order valence-electron chi connectivity index (χ1n) is 10.4. The molecule has 0 spiro atoms. The Hall–Kier alpha value is -4.41. The molecule has 0 bridgehead atoms. The van der Waals surface area contributed by atoms with Gasteiger partial charge in [-0.15, -0.1) is 0 Å². The van der Waals surface area contributed by atoms with Crippen LogP contribution in [0.5, 0.6) is 17.2 Å². The van der Waals surface area contributed by atoms with Crippen LogP contribution < -0.4 is 25.1 Å². The number of aromatic nitrogens is 2. The van der Waals surface area contributed by atoms with E-state index in [1.807, 2.05) is 19.1 Å². The summed E-state index contributed by atoms with van der Waals surface area (Å²) in [5, 5.41) is 14.0. The summed E-state index contributed by atoms with van der Waals surface area (Å²) < 4.78 is 16.9. The van der Waals surface area contributed by atoms with Crippen molar-refractivity contribution in [1.29, 1.82) is 0 Å². The number of hydrogen-bond acceptors (Lipinski definition) is 8. The van der Waals surface area contributed by atoms with Crippen LogP contribution in [-0.4, -0.2) is 47.8 Å². The average molecular weight is 468 g/mol. The summed E-state index contributed by atoms with van der Waals surface area (Å²) in [6, 6.07) is 11.0. The average Bonchev–Trinajstić information content (AvgIpc) is 2.84. The number of nitrogens with zero attached hydrogens (tertiary/aromatic N) is 3. The van der Waals surface area contributed by atoms with Crippen molar-refractivity contribution in [3.8, 4) is 28.5 Å². The Morgan fingerprint density at radius 3 is 2.38 bits per heavy atom. The molecule has 1 N–H and O–H groups in total. The van der Waals surface area contributed by atoms with E-state index in [2.05, 4.69) is 10.3 Å². The number of carbonyl (C=O) groups excluding carboxylic acids is 1. The molecule has 0 unspecified atom stereocenters. The number of nitro benzene ring substituents is 1. The lowest BCUT2D eigenvalue weighted by Crippen LogP contribution is -2.31. The minimum atomic E-state index is -0.681. The van der Waals surface area contributed by atoms with Crippen LogP contribution in [-0.2, 0) is 6.54 Å². The Morgan fingerprint density at radius 1 is 1.12 bits per heavy atom. The summed E-state index contributed by atoms with van der Waals surface area (Å²) in [5.74, 6) is 0.365. The van der Waals surface area contributed by atoms with Gasteiger partial charge in [0, 0.05) is 30.8 Å². The largest absolute Gasteiger partial charge is 0.494 e. The van der Waals surface area contributed by atoms with Crippen LogP contribution in [0.3, 0.4) is 0 Å². The van der Waals surface area contributed by atoms with E-state index in [1.165, 1.54) is 37.2 Å². The molecule has 0 saturated heterocycles. The van der Waals surface area contributed by atoms with Crippen molar-refractivity contribution in [2.75, 3.05) is 27.4 Å². The molecule has 2 aromatic carbocycles. The lowest BCUT2D eigenvalue weighted by molar-refractivity contribution is -0.385. The Morgan fingerprint density at radius 2 is 1.79 bits per heavy atom. The Balaban J connectivity index is 1.69. The van der Waals surface area contributed by atoms with Crippen LogP contribution in [0.2, 0.25) is 0 Å². The molecular formula is C23H24N4O7. The highest BCUT2D eigenvalue weighted by atomic mass is 16.6. The molecule has 0 fully saturated rings. The maximum absolute atomic E-state index is 12.6. The number of carbonyl (C=O) groups is 1. The summed E-state index contributed by atoms with van der Waals surface area (Å²) in [5.41, 5.74) is 0.369. The Bertz CT molecular complexity index is 1240. The number of hydrogen-bond donors (Lipinski definition) is 1. The minimum absolute atomic E-state index is 0.0499. The molecule has 0 aliphatic heterocycles. The van der Waals surface area contributed by atoms with E-state index in [9.17, 15) is 19.7 Å². The number of ether oxygens (including phenoxy) is 3. The van der Waals surface area contributed by atoms with Gasteiger partial charge in [-0.3, -0.25) is 24.3 Å². The molecule has 0 aliphatic rings. The zero-order chi connectivity index (χ0) is 24.7. The van der Waals surface area contributed by atoms with Gasteiger partial charge in [0.05, 0.1) is 43.8 Å². The molecule has 3 aromatic rings. The SMILES string of the molecule is CCOc1ccc(-c2cc(=O)n(CCNC(=O)c3cc(OC)c(OC)cc3[N+](=O)[O-])cn2)cc1. The number of benzene rings is 2. The van der Waals surface area contributed by atoms with Gasteiger partial charge in [0.15, 0.2) is 11.5 Å². The number of nitrogens with one attached hydrogen (secondary N) is 1. The molecule has 11 nitrogen and oxygen atoms in total. The normalized spacial score (nSPS) is 10.4. The molecule has 1 heterocycles. The number of nitro groups is 1. The summed E-state index contributed by atoms with van der Waals surface area (Å²) in [4.78, 5) is 40.1. The van der Waals surface area contributed by atoms with Crippen molar-refractivity contribution in [3.05, 3.63) is 74.8 Å². The van der Waals surface area contributed by atoms with E-state index in [4.69, 9.17) is 14.2 Å². The third kappa shape index (κ3) is 5.49. The monoisotopic (exact) mass is 468 g/mol. The van der Waals surface area contributed by atoms with E-state index >= 15 is 0 Å². The van der Waals surface area contributed by atoms with Crippen molar-refractivity contribution < 1.29 is 23.9 Å². The van der Waals surface area contributed by atoms with Crippen LogP contribution in [0.15, 0.2) is 53.6 Å². The lowest BCUT2D eigenvalue weighted by Gasteiger charge is -2.11. The molecule has 0 saturated carbocycles. The van der Waals surface area contributed by atoms with Crippen molar-refractivity contribution in [2.45, 2.75) is 13.5 Å². The summed E-state index contributed by atoms with van der Waals surface area (Å²) >= 11 is 0. The molecule has 11 heteroatoms. The topological polar surface area (TPSA) is 135 Å². The maximum atomic E-state index is 12.6. The molecule has 3 rings (SSSR count). The second-order valence-corrected chi connectivity index (χ2v) is 7.00. The Labute approximate surface area is 195 Å². The smallest absolute Gasteiger partial charge is 0.286 e. The summed E-state index contributed by atoms with van der Waals surface area (Å²) in [6.45, 7) is 2.63. The predicted octanol–water partition coefficient (Wildman–Crippen LogP) is 2.66. The van der Waals surface area contributed by atoms with Gasteiger partial charge in [-0.05, 0) is 31.2 Å². The fourth-order valence-corrected chi connectivity index (χ4v) is 3.23. The number of methoxy groups -OCH3 is 2. The van der Waals surface area contributed by atoms with Crippen molar-refractivity contribution in [3.63, 3.8) is 0 Å². The molecule has 178 valence electrons. The van der Waals surface area contributed by atoms with Gasteiger partial charge >= 0.3 is 0 Å². The second kappa shape index (κ2) is 10.9. The molecular weight excluding hydrogens is 444 g/mol. The first-order chi connectivity index (χ1) is 16.4. The second-order valence-electron chi connectivity index (χ2n) is 7.00. The first kappa shape index (κ1) is 24.2.